The van der Waals surface area contributed by atoms with Crippen LogP contribution in [0.3, 0.4) is 0 Å². The second-order valence-corrected chi connectivity index (χ2v) is 9.31. The molecule has 1 N–H and O–H groups in total. The summed E-state index contributed by atoms with van der Waals surface area (Å²) in [5, 5.41) is 3.09. The molecule has 2 amide bonds. The smallest absolute Gasteiger partial charge is 0.261 e. The second kappa shape index (κ2) is 6.87. The number of carbonyl (C=O) groups is 2. The Bertz CT molecular complexity index is 743. The van der Waals surface area contributed by atoms with E-state index in [-0.39, 0.29) is 23.3 Å². The number of piperidine rings is 1. The minimum Gasteiger partial charge on any atom is -0.381 e. The highest BCUT2D eigenvalue weighted by atomic mass is 32.1. The van der Waals surface area contributed by atoms with Gasteiger partial charge in [-0.2, -0.15) is 0 Å². The van der Waals surface area contributed by atoms with E-state index in [1.807, 2.05) is 4.90 Å². The van der Waals surface area contributed by atoms with Gasteiger partial charge in [-0.05, 0) is 43.7 Å². The largest absolute Gasteiger partial charge is 0.381 e. The maximum absolute atomic E-state index is 12.7. The predicted octanol–water partition coefficient (Wildman–Crippen LogP) is 2.07. The third kappa shape index (κ3) is 3.30. The number of rotatable bonds is 3. The lowest BCUT2D eigenvalue weighted by Gasteiger charge is -2.44. The number of ether oxygens (including phenoxy) is 2. The molecular formula is C20H26N2O4S. The number of thiophene rings is 1. The summed E-state index contributed by atoms with van der Waals surface area (Å²) < 4.78 is 11.7. The monoisotopic (exact) mass is 390 g/mol. The molecule has 3 fully saturated rings. The van der Waals surface area contributed by atoms with Crippen LogP contribution in [0.1, 0.15) is 52.2 Å². The summed E-state index contributed by atoms with van der Waals surface area (Å²) >= 11 is 1.62. The maximum Gasteiger partial charge on any atom is 0.261 e. The number of hydrogen-bond acceptors (Lipinski definition) is 5. The first-order valence-corrected chi connectivity index (χ1v) is 10.9. The summed E-state index contributed by atoms with van der Waals surface area (Å²) in [6, 6.07) is 2.43. The Morgan fingerprint density at radius 1 is 1.19 bits per heavy atom. The first kappa shape index (κ1) is 17.6. The summed E-state index contributed by atoms with van der Waals surface area (Å²) in [6.45, 7) is 3.39. The molecule has 1 atom stereocenters. The Kier molecular flexibility index (Phi) is 4.49. The Balaban J connectivity index is 1.31. The average Bonchev–Trinajstić information content (AvgIpc) is 3.16. The normalized spacial score (nSPS) is 26.8. The van der Waals surface area contributed by atoms with Crippen molar-refractivity contribution >= 4 is 23.2 Å². The van der Waals surface area contributed by atoms with Gasteiger partial charge in [0.15, 0.2) is 0 Å². The van der Waals surface area contributed by atoms with E-state index in [4.69, 9.17) is 9.47 Å². The zero-order valence-corrected chi connectivity index (χ0v) is 16.3. The fourth-order valence-corrected chi connectivity index (χ4v) is 5.64. The van der Waals surface area contributed by atoms with Gasteiger partial charge in [0, 0.05) is 37.0 Å². The van der Waals surface area contributed by atoms with Gasteiger partial charge in [0.2, 0.25) is 5.91 Å². The van der Waals surface area contributed by atoms with Crippen molar-refractivity contribution in [1.29, 1.82) is 0 Å². The van der Waals surface area contributed by atoms with E-state index >= 15 is 0 Å². The van der Waals surface area contributed by atoms with Crippen LogP contribution >= 0.6 is 11.3 Å². The van der Waals surface area contributed by atoms with Gasteiger partial charge in [-0.25, -0.2) is 0 Å². The molecule has 1 spiro atoms. The lowest BCUT2D eigenvalue weighted by molar-refractivity contribution is -0.144. The lowest BCUT2D eigenvalue weighted by atomic mass is 9.82. The van der Waals surface area contributed by atoms with E-state index in [2.05, 4.69) is 11.4 Å². The first-order chi connectivity index (χ1) is 13.1. The molecule has 2 saturated heterocycles. The van der Waals surface area contributed by atoms with Gasteiger partial charge in [0.1, 0.15) is 0 Å². The molecule has 1 saturated carbocycles. The third-order valence-electron chi connectivity index (χ3n) is 6.31. The summed E-state index contributed by atoms with van der Waals surface area (Å²) in [5.74, 6) is 0.315. The molecule has 146 valence electrons. The summed E-state index contributed by atoms with van der Waals surface area (Å²) in [5.41, 5.74) is 0.863. The van der Waals surface area contributed by atoms with Crippen LogP contribution in [-0.4, -0.2) is 55.7 Å². The molecule has 1 aromatic heterocycles. The third-order valence-corrected chi connectivity index (χ3v) is 7.50. The molecule has 6 nitrogen and oxygen atoms in total. The van der Waals surface area contributed by atoms with Crippen LogP contribution in [-0.2, 0) is 26.3 Å². The number of nitrogens with zero attached hydrogens (tertiary/aromatic N) is 1. The topological polar surface area (TPSA) is 67.9 Å². The van der Waals surface area contributed by atoms with Crippen LogP contribution in [0.5, 0.6) is 0 Å². The number of likely N-dealkylation sites (tertiary alicyclic amines) is 1. The first-order valence-electron chi connectivity index (χ1n) is 10.1. The van der Waals surface area contributed by atoms with Crippen molar-refractivity contribution in [2.75, 3.05) is 32.9 Å². The highest BCUT2D eigenvalue weighted by Gasteiger charge is 2.44. The highest BCUT2D eigenvalue weighted by molar-refractivity contribution is 7.14. The maximum atomic E-state index is 12.7. The van der Waals surface area contributed by atoms with Gasteiger partial charge >= 0.3 is 0 Å². The van der Waals surface area contributed by atoms with Gasteiger partial charge in [-0.15, -0.1) is 11.3 Å². The molecule has 27 heavy (non-hydrogen) atoms. The fraction of sp³-hybridized carbons (Fsp3) is 0.700. The van der Waals surface area contributed by atoms with E-state index < -0.39 is 0 Å². The Morgan fingerprint density at radius 3 is 2.70 bits per heavy atom. The SMILES string of the molecule is O=C(NC1CC1)c1cc2c(s1)CCOC21CCN(C(=O)C2CCOC2)CC1. The molecular weight excluding hydrogens is 364 g/mol. The number of nitrogens with one attached hydrogen (secondary N) is 1. The molecule has 0 radical (unpaired) electrons. The molecule has 4 aliphatic rings. The van der Waals surface area contributed by atoms with Crippen LogP contribution < -0.4 is 5.32 Å². The van der Waals surface area contributed by atoms with Crippen molar-refractivity contribution in [3.8, 4) is 0 Å². The molecule has 1 unspecified atom stereocenters. The van der Waals surface area contributed by atoms with E-state index in [1.165, 1.54) is 10.4 Å². The van der Waals surface area contributed by atoms with Crippen molar-refractivity contribution in [3.05, 3.63) is 21.4 Å². The van der Waals surface area contributed by atoms with Crippen molar-refractivity contribution < 1.29 is 19.1 Å². The van der Waals surface area contributed by atoms with Crippen molar-refractivity contribution in [2.45, 2.75) is 50.2 Å². The standard InChI is InChI=1S/C20H26N2O4S/c23-18(21-14-1-2-14)17-11-15-16(27-17)4-10-26-20(15)5-7-22(8-6-20)19(24)13-3-9-25-12-13/h11,13-14H,1-10,12H2,(H,21,23). The van der Waals surface area contributed by atoms with Crippen LogP contribution in [0.4, 0.5) is 0 Å². The molecule has 0 bridgehead atoms. The van der Waals surface area contributed by atoms with Crippen LogP contribution in [0, 0.1) is 5.92 Å². The summed E-state index contributed by atoms with van der Waals surface area (Å²) in [7, 11) is 0. The molecule has 4 heterocycles. The zero-order chi connectivity index (χ0) is 18.4. The molecule has 3 aliphatic heterocycles. The molecule has 1 aliphatic carbocycles. The minimum absolute atomic E-state index is 0.0285. The van der Waals surface area contributed by atoms with Gasteiger partial charge in [-0.3, -0.25) is 9.59 Å². The van der Waals surface area contributed by atoms with Crippen molar-refractivity contribution in [3.63, 3.8) is 0 Å². The van der Waals surface area contributed by atoms with Crippen LogP contribution in [0.2, 0.25) is 0 Å². The van der Waals surface area contributed by atoms with Gasteiger partial charge in [0.05, 0.1) is 29.6 Å². The van der Waals surface area contributed by atoms with E-state index in [1.54, 1.807) is 11.3 Å². The van der Waals surface area contributed by atoms with E-state index in [9.17, 15) is 9.59 Å². The van der Waals surface area contributed by atoms with Crippen LogP contribution in [0.25, 0.3) is 0 Å². The zero-order valence-electron chi connectivity index (χ0n) is 15.5. The number of amides is 2. The van der Waals surface area contributed by atoms with Crippen LogP contribution in [0.15, 0.2) is 6.07 Å². The van der Waals surface area contributed by atoms with Gasteiger partial charge < -0.3 is 19.7 Å². The molecule has 7 heteroatoms. The lowest BCUT2D eigenvalue weighted by Crippen LogP contribution is -2.49. The quantitative estimate of drug-likeness (QED) is 0.858. The van der Waals surface area contributed by atoms with E-state index in [0.717, 1.165) is 43.4 Å². The summed E-state index contributed by atoms with van der Waals surface area (Å²) in [4.78, 5) is 29.2. The average molecular weight is 391 g/mol. The molecule has 1 aromatic rings. The number of fused-ring (bicyclic) bond motifs is 2. The molecule has 5 rings (SSSR count). The van der Waals surface area contributed by atoms with Crippen molar-refractivity contribution in [2.24, 2.45) is 5.92 Å². The fourth-order valence-electron chi connectivity index (χ4n) is 4.50. The summed E-state index contributed by atoms with van der Waals surface area (Å²) in [6.07, 6.45) is 5.52. The Morgan fingerprint density at radius 2 is 2.00 bits per heavy atom. The second-order valence-electron chi connectivity index (χ2n) is 8.17. The van der Waals surface area contributed by atoms with Gasteiger partial charge in [0.25, 0.3) is 5.91 Å². The number of hydrogen-bond donors (Lipinski definition) is 1. The predicted molar refractivity (Wildman–Crippen MR) is 101 cm³/mol. The van der Waals surface area contributed by atoms with E-state index in [0.29, 0.717) is 39.0 Å². The Labute approximate surface area is 163 Å². The van der Waals surface area contributed by atoms with Gasteiger partial charge in [-0.1, -0.05) is 0 Å². The van der Waals surface area contributed by atoms with Crippen molar-refractivity contribution in [1.82, 2.24) is 10.2 Å². The Hall–Kier alpha value is -1.44. The minimum atomic E-state index is -0.328. The number of carbonyl (C=O) groups excluding carboxylic acids is 2. The molecule has 0 aromatic carbocycles. The highest BCUT2D eigenvalue weighted by Crippen LogP contribution is 2.45.